The van der Waals surface area contributed by atoms with Gasteiger partial charge in [0.2, 0.25) is 0 Å². The summed E-state index contributed by atoms with van der Waals surface area (Å²) in [5.74, 6) is -0.303. The predicted octanol–water partition coefficient (Wildman–Crippen LogP) is 2.48. The first-order valence-electron chi connectivity index (χ1n) is 6.72. The van der Waals surface area contributed by atoms with Crippen LogP contribution < -0.4 is 5.32 Å². The van der Waals surface area contributed by atoms with Gasteiger partial charge in [-0.05, 0) is 24.8 Å². The van der Waals surface area contributed by atoms with Gasteiger partial charge < -0.3 is 15.5 Å². The van der Waals surface area contributed by atoms with Crippen molar-refractivity contribution in [2.45, 2.75) is 44.8 Å². The van der Waals surface area contributed by atoms with Crippen molar-refractivity contribution in [2.24, 2.45) is 5.92 Å². The average molecular weight is 283 g/mol. The number of nitrogens with one attached hydrogen (secondary N) is 1. The summed E-state index contributed by atoms with van der Waals surface area (Å²) < 4.78 is 0. The topological polar surface area (TPSA) is 69.6 Å². The Hall–Kier alpha value is -0.910. The van der Waals surface area contributed by atoms with Crippen LogP contribution in [-0.4, -0.2) is 28.3 Å². The lowest BCUT2D eigenvalue weighted by molar-refractivity contribution is -0.0119. The van der Waals surface area contributed by atoms with E-state index < -0.39 is 11.6 Å². The number of carboxylic acids is 1. The highest BCUT2D eigenvalue weighted by Crippen LogP contribution is 2.31. The second-order valence-corrected chi connectivity index (χ2v) is 6.63. The van der Waals surface area contributed by atoms with E-state index in [9.17, 15) is 9.90 Å². The number of hydrogen-bond donors (Lipinski definition) is 3. The summed E-state index contributed by atoms with van der Waals surface area (Å²) in [7, 11) is 0. The standard InChI is InChI=1S/C14H21NO3S/c1-10-3-2-4-14(18,6-10)9-15-7-12-5-11(8-19-12)13(16)17/h5,8,10,15,18H,2-4,6-7,9H2,1H3,(H,16,17). The zero-order valence-electron chi connectivity index (χ0n) is 11.2. The molecule has 1 aliphatic rings. The fraction of sp³-hybridized carbons (Fsp3) is 0.643. The normalized spacial score (nSPS) is 27.4. The maximum absolute atomic E-state index is 10.8. The number of carboxylic acid groups (broad SMARTS) is 1. The molecule has 5 heteroatoms. The Morgan fingerprint density at radius 2 is 2.42 bits per heavy atom. The lowest BCUT2D eigenvalue weighted by Crippen LogP contribution is -2.43. The average Bonchev–Trinajstić information content (AvgIpc) is 2.77. The van der Waals surface area contributed by atoms with Gasteiger partial charge in [0.05, 0.1) is 11.2 Å². The minimum Gasteiger partial charge on any atom is -0.478 e. The third-order valence-corrected chi connectivity index (χ3v) is 4.66. The lowest BCUT2D eigenvalue weighted by Gasteiger charge is -2.35. The van der Waals surface area contributed by atoms with Crippen LogP contribution in [0.15, 0.2) is 11.4 Å². The van der Waals surface area contributed by atoms with Crippen LogP contribution in [-0.2, 0) is 6.54 Å². The summed E-state index contributed by atoms with van der Waals surface area (Å²) in [6.45, 7) is 3.38. The highest BCUT2D eigenvalue weighted by molar-refractivity contribution is 7.10. The molecule has 1 saturated carbocycles. The third kappa shape index (κ3) is 4.03. The van der Waals surface area contributed by atoms with Gasteiger partial charge in [-0.1, -0.05) is 19.8 Å². The number of hydrogen-bond acceptors (Lipinski definition) is 4. The molecule has 2 rings (SSSR count). The minimum atomic E-state index is -0.887. The van der Waals surface area contributed by atoms with Crippen molar-refractivity contribution in [3.63, 3.8) is 0 Å². The molecule has 2 atom stereocenters. The summed E-state index contributed by atoms with van der Waals surface area (Å²) in [4.78, 5) is 11.8. The fourth-order valence-corrected chi connectivity index (χ4v) is 3.62. The molecular formula is C14H21NO3S. The maximum Gasteiger partial charge on any atom is 0.336 e. The molecule has 0 aromatic carbocycles. The van der Waals surface area contributed by atoms with Crippen LogP contribution in [0, 0.1) is 5.92 Å². The summed E-state index contributed by atoms with van der Waals surface area (Å²) in [5.41, 5.74) is -0.253. The van der Waals surface area contributed by atoms with Gasteiger partial charge in [0, 0.05) is 23.3 Å². The van der Waals surface area contributed by atoms with Gasteiger partial charge in [0.15, 0.2) is 0 Å². The molecular weight excluding hydrogens is 262 g/mol. The second kappa shape index (κ2) is 6.03. The molecule has 2 unspecified atom stereocenters. The maximum atomic E-state index is 10.8. The van der Waals surface area contributed by atoms with E-state index in [-0.39, 0.29) is 0 Å². The van der Waals surface area contributed by atoms with Crippen LogP contribution in [0.1, 0.15) is 47.8 Å². The molecule has 1 aliphatic carbocycles. The molecule has 1 aromatic rings. The van der Waals surface area contributed by atoms with E-state index in [1.807, 2.05) is 0 Å². The number of rotatable bonds is 5. The van der Waals surface area contributed by atoms with Crippen molar-refractivity contribution >= 4 is 17.3 Å². The van der Waals surface area contributed by atoms with E-state index in [4.69, 9.17) is 5.11 Å². The Balaban J connectivity index is 1.80. The number of aliphatic hydroxyl groups is 1. The van der Waals surface area contributed by atoms with Gasteiger partial charge in [0.1, 0.15) is 0 Å². The van der Waals surface area contributed by atoms with Gasteiger partial charge in [0.25, 0.3) is 0 Å². The number of carbonyl (C=O) groups is 1. The Labute approximate surface area is 117 Å². The largest absolute Gasteiger partial charge is 0.478 e. The quantitative estimate of drug-likeness (QED) is 0.776. The van der Waals surface area contributed by atoms with Gasteiger partial charge >= 0.3 is 5.97 Å². The monoisotopic (exact) mass is 283 g/mol. The zero-order chi connectivity index (χ0) is 13.9. The molecule has 0 saturated heterocycles. The van der Waals surface area contributed by atoms with E-state index in [1.165, 1.54) is 17.8 Å². The van der Waals surface area contributed by atoms with Crippen LogP contribution >= 0.6 is 11.3 Å². The van der Waals surface area contributed by atoms with Gasteiger partial charge in [-0.25, -0.2) is 4.79 Å². The Kier molecular flexibility index (Phi) is 4.60. The molecule has 0 bridgehead atoms. The fourth-order valence-electron chi connectivity index (χ4n) is 2.80. The van der Waals surface area contributed by atoms with Crippen molar-refractivity contribution in [3.05, 3.63) is 21.9 Å². The van der Waals surface area contributed by atoms with E-state index in [0.717, 1.165) is 24.1 Å². The Bertz CT molecular complexity index is 446. The summed E-state index contributed by atoms with van der Waals surface area (Å²) in [6.07, 6.45) is 4.00. The molecule has 1 fully saturated rings. The van der Waals surface area contributed by atoms with E-state index >= 15 is 0 Å². The van der Waals surface area contributed by atoms with Crippen molar-refractivity contribution in [3.8, 4) is 0 Å². The second-order valence-electron chi connectivity index (χ2n) is 5.64. The first kappa shape index (κ1) is 14.5. The number of thiophene rings is 1. The van der Waals surface area contributed by atoms with E-state index in [1.54, 1.807) is 11.4 Å². The molecule has 3 N–H and O–H groups in total. The lowest BCUT2D eigenvalue weighted by atomic mass is 9.79. The Morgan fingerprint density at radius 1 is 1.63 bits per heavy atom. The summed E-state index contributed by atoms with van der Waals surface area (Å²) >= 11 is 1.44. The first-order chi connectivity index (χ1) is 8.98. The Morgan fingerprint density at radius 3 is 3.05 bits per heavy atom. The number of aromatic carboxylic acids is 1. The molecule has 19 heavy (non-hydrogen) atoms. The highest BCUT2D eigenvalue weighted by atomic mass is 32.1. The van der Waals surface area contributed by atoms with Crippen molar-refractivity contribution in [1.29, 1.82) is 0 Å². The van der Waals surface area contributed by atoms with E-state index in [0.29, 0.717) is 24.6 Å². The van der Waals surface area contributed by atoms with Crippen LogP contribution in [0.4, 0.5) is 0 Å². The molecule has 0 amide bonds. The SMILES string of the molecule is CC1CCCC(O)(CNCc2cc(C(=O)O)cs2)C1. The zero-order valence-corrected chi connectivity index (χ0v) is 12.0. The predicted molar refractivity (Wildman–Crippen MR) is 75.6 cm³/mol. The van der Waals surface area contributed by atoms with Crippen LogP contribution in [0.2, 0.25) is 0 Å². The van der Waals surface area contributed by atoms with Crippen molar-refractivity contribution < 1.29 is 15.0 Å². The van der Waals surface area contributed by atoms with Gasteiger partial charge in [-0.15, -0.1) is 11.3 Å². The molecule has 4 nitrogen and oxygen atoms in total. The highest BCUT2D eigenvalue weighted by Gasteiger charge is 2.31. The summed E-state index contributed by atoms with van der Waals surface area (Å²) in [6, 6.07) is 1.69. The minimum absolute atomic E-state index is 0.340. The molecule has 1 aromatic heterocycles. The molecule has 0 radical (unpaired) electrons. The molecule has 106 valence electrons. The van der Waals surface area contributed by atoms with Crippen molar-refractivity contribution in [2.75, 3.05) is 6.54 Å². The van der Waals surface area contributed by atoms with Gasteiger partial charge in [-0.3, -0.25) is 0 Å². The van der Waals surface area contributed by atoms with Crippen LogP contribution in [0.25, 0.3) is 0 Å². The first-order valence-corrected chi connectivity index (χ1v) is 7.60. The smallest absolute Gasteiger partial charge is 0.336 e. The van der Waals surface area contributed by atoms with E-state index in [2.05, 4.69) is 12.2 Å². The summed E-state index contributed by atoms with van der Waals surface area (Å²) in [5, 5.41) is 24.2. The van der Waals surface area contributed by atoms with Crippen LogP contribution in [0.5, 0.6) is 0 Å². The molecule has 0 spiro atoms. The molecule has 1 heterocycles. The van der Waals surface area contributed by atoms with Gasteiger partial charge in [-0.2, -0.15) is 0 Å². The van der Waals surface area contributed by atoms with Crippen molar-refractivity contribution in [1.82, 2.24) is 5.32 Å². The third-order valence-electron chi connectivity index (χ3n) is 3.72. The molecule has 0 aliphatic heterocycles. The van der Waals surface area contributed by atoms with Crippen LogP contribution in [0.3, 0.4) is 0 Å².